The summed E-state index contributed by atoms with van der Waals surface area (Å²) in [6.45, 7) is 3.17. The number of aliphatic carboxylic acids is 1. The molecule has 2 aliphatic heterocycles. The van der Waals surface area contributed by atoms with E-state index in [-0.39, 0.29) is 11.7 Å². The van der Waals surface area contributed by atoms with E-state index in [1.54, 1.807) is 6.07 Å². The minimum atomic E-state index is -0.766. The number of rotatable bonds is 5. The lowest BCUT2D eigenvalue weighted by molar-refractivity contribution is -0.147. The van der Waals surface area contributed by atoms with Gasteiger partial charge in [0.05, 0.1) is 11.5 Å². The molecule has 2 aliphatic rings. The van der Waals surface area contributed by atoms with Crippen molar-refractivity contribution < 1.29 is 23.4 Å². The highest BCUT2D eigenvalue weighted by Gasteiger charge is 2.32. The van der Waals surface area contributed by atoms with E-state index in [0.29, 0.717) is 36.9 Å². The molecule has 2 aromatic carbocycles. The topological polar surface area (TPSA) is 62.9 Å². The molecule has 6 heteroatoms. The van der Waals surface area contributed by atoms with Crippen LogP contribution in [-0.2, 0) is 16.1 Å². The molecule has 0 atom stereocenters. The third kappa shape index (κ3) is 3.73. The fourth-order valence-electron chi connectivity index (χ4n) is 4.45. The van der Waals surface area contributed by atoms with Gasteiger partial charge in [-0.15, -0.1) is 0 Å². The summed E-state index contributed by atoms with van der Waals surface area (Å²) < 4.78 is 26.2. The van der Waals surface area contributed by atoms with Crippen molar-refractivity contribution in [2.75, 3.05) is 26.3 Å². The molecule has 0 bridgehead atoms. The van der Waals surface area contributed by atoms with Crippen molar-refractivity contribution in [2.24, 2.45) is 5.92 Å². The minimum absolute atomic E-state index is 0.310. The predicted molar refractivity (Wildman–Crippen MR) is 111 cm³/mol. The van der Waals surface area contributed by atoms with E-state index in [1.165, 1.54) is 11.6 Å². The molecule has 3 aromatic rings. The van der Waals surface area contributed by atoms with Gasteiger partial charge in [0, 0.05) is 38.2 Å². The number of hydrogen-bond acceptors (Lipinski definition) is 4. The lowest BCUT2D eigenvalue weighted by Gasteiger charge is -2.36. The van der Waals surface area contributed by atoms with Crippen molar-refractivity contribution in [1.29, 1.82) is 0 Å². The molecule has 30 heavy (non-hydrogen) atoms. The molecule has 0 radical (unpaired) electrons. The summed E-state index contributed by atoms with van der Waals surface area (Å²) in [5, 5.41) is 9.96. The van der Waals surface area contributed by atoms with Crippen LogP contribution in [0.1, 0.15) is 29.9 Å². The predicted octanol–water partition coefficient (Wildman–Crippen LogP) is 4.65. The van der Waals surface area contributed by atoms with Crippen molar-refractivity contribution in [2.45, 2.75) is 25.3 Å². The second-order valence-electron chi connectivity index (χ2n) is 8.34. The summed E-state index contributed by atoms with van der Waals surface area (Å²) in [5.74, 6) is -0.382. The summed E-state index contributed by atoms with van der Waals surface area (Å²) >= 11 is 0. The largest absolute Gasteiger partial charge is 0.481 e. The molecule has 0 unspecified atom stereocenters. The van der Waals surface area contributed by atoms with Crippen LogP contribution in [0.2, 0.25) is 0 Å². The smallest absolute Gasteiger partial charge is 0.309 e. The van der Waals surface area contributed by atoms with Gasteiger partial charge in [0.1, 0.15) is 17.2 Å². The van der Waals surface area contributed by atoms with Gasteiger partial charge in [0.2, 0.25) is 0 Å². The summed E-state index contributed by atoms with van der Waals surface area (Å²) in [6, 6.07) is 13.3. The first-order valence-electron chi connectivity index (χ1n) is 10.4. The first-order valence-corrected chi connectivity index (χ1v) is 10.4. The molecule has 156 valence electrons. The number of halogens is 1. The molecular weight excluding hydrogens is 385 g/mol. The Morgan fingerprint density at radius 1 is 1.10 bits per heavy atom. The van der Waals surface area contributed by atoms with E-state index in [2.05, 4.69) is 12.1 Å². The van der Waals surface area contributed by atoms with Gasteiger partial charge in [0.15, 0.2) is 0 Å². The molecule has 5 nitrogen and oxygen atoms in total. The van der Waals surface area contributed by atoms with Gasteiger partial charge >= 0.3 is 5.97 Å². The fraction of sp³-hybridized carbons (Fsp3) is 0.375. The van der Waals surface area contributed by atoms with Crippen LogP contribution in [0.15, 0.2) is 46.9 Å². The van der Waals surface area contributed by atoms with E-state index < -0.39 is 5.97 Å². The second kappa shape index (κ2) is 7.85. The van der Waals surface area contributed by atoms with E-state index >= 15 is 0 Å². The monoisotopic (exact) mass is 409 g/mol. The average molecular weight is 409 g/mol. The summed E-state index contributed by atoms with van der Waals surface area (Å²) in [5.41, 5.74) is 3.31. The standard InChI is InChI=1S/C24H24FNO4/c25-21-9-15(12-26-13-19(14-26)24(27)28)1-3-20(21)23-11-18-10-17(2-4-22(18)30-23)16-5-7-29-8-6-16/h1-4,9-11,16,19H,5-8,12-14H2,(H,27,28). The molecule has 0 aliphatic carbocycles. The second-order valence-corrected chi connectivity index (χ2v) is 8.34. The van der Waals surface area contributed by atoms with Crippen LogP contribution >= 0.6 is 0 Å². The number of nitrogens with zero attached hydrogens (tertiary/aromatic N) is 1. The maximum Gasteiger partial charge on any atom is 0.309 e. The Labute approximate surface area is 174 Å². The molecule has 0 amide bonds. The van der Waals surface area contributed by atoms with Crippen LogP contribution in [-0.4, -0.2) is 42.3 Å². The maximum absolute atomic E-state index is 14.8. The van der Waals surface area contributed by atoms with Crippen molar-refractivity contribution in [1.82, 2.24) is 4.90 Å². The number of carboxylic acid groups (broad SMARTS) is 1. The molecule has 0 saturated carbocycles. The van der Waals surface area contributed by atoms with E-state index in [1.807, 2.05) is 23.1 Å². The number of fused-ring (bicyclic) bond motifs is 1. The third-order valence-corrected chi connectivity index (χ3v) is 6.24. The highest BCUT2D eigenvalue weighted by atomic mass is 19.1. The van der Waals surface area contributed by atoms with Crippen molar-refractivity contribution in [3.8, 4) is 11.3 Å². The Balaban J connectivity index is 1.34. The van der Waals surface area contributed by atoms with Gasteiger partial charge in [-0.2, -0.15) is 0 Å². The Morgan fingerprint density at radius 2 is 1.90 bits per heavy atom. The first-order chi connectivity index (χ1) is 14.6. The number of hydrogen-bond donors (Lipinski definition) is 1. The lowest BCUT2D eigenvalue weighted by Crippen LogP contribution is -2.49. The Hall–Kier alpha value is -2.70. The van der Waals surface area contributed by atoms with E-state index in [4.69, 9.17) is 14.3 Å². The molecule has 2 saturated heterocycles. The van der Waals surface area contributed by atoms with Gasteiger partial charge in [-0.3, -0.25) is 9.69 Å². The van der Waals surface area contributed by atoms with Crippen LogP contribution in [0.5, 0.6) is 0 Å². The van der Waals surface area contributed by atoms with Gasteiger partial charge in [0.25, 0.3) is 0 Å². The Kier molecular flexibility index (Phi) is 5.05. The van der Waals surface area contributed by atoms with Gasteiger partial charge < -0.3 is 14.3 Å². The highest BCUT2D eigenvalue weighted by Crippen LogP contribution is 2.34. The van der Waals surface area contributed by atoms with E-state index in [0.717, 1.165) is 42.6 Å². The van der Waals surface area contributed by atoms with Gasteiger partial charge in [-0.05, 0) is 60.2 Å². The number of furan rings is 1. The first kappa shape index (κ1) is 19.3. The maximum atomic E-state index is 14.8. The van der Waals surface area contributed by atoms with Crippen LogP contribution < -0.4 is 0 Å². The third-order valence-electron chi connectivity index (χ3n) is 6.24. The lowest BCUT2D eigenvalue weighted by atomic mass is 9.91. The number of likely N-dealkylation sites (tertiary alicyclic amines) is 1. The molecule has 2 fully saturated rings. The van der Waals surface area contributed by atoms with Crippen molar-refractivity contribution in [3.63, 3.8) is 0 Å². The number of carboxylic acids is 1. The highest BCUT2D eigenvalue weighted by molar-refractivity contribution is 5.83. The molecular formula is C24H24FNO4. The average Bonchev–Trinajstić information content (AvgIpc) is 3.13. The Bertz CT molecular complexity index is 1080. The molecule has 1 N–H and O–H groups in total. The molecule has 0 spiro atoms. The SMILES string of the molecule is O=C(O)C1CN(Cc2ccc(-c3cc4cc(C5CCOCC5)ccc4o3)c(F)c2)C1. The van der Waals surface area contributed by atoms with Gasteiger partial charge in [-0.25, -0.2) is 4.39 Å². The quantitative estimate of drug-likeness (QED) is 0.665. The van der Waals surface area contributed by atoms with Crippen LogP contribution in [0.4, 0.5) is 4.39 Å². The van der Waals surface area contributed by atoms with Crippen molar-refractivity contribution in [3.05, 3.63) is 59.4 Å². The number of ether oxygens (including phenoxy) is 1. The summed E-state index contributed by atoms with van der Waals surface area (Å²) in [6.07, 6.45) is 2.05. The van der Waals surface area contributed by atoms with Gasteiger partial charge in [-0.1, -0.05) is 12.1 Å². The number of carbonyl (C=O) groups is 1. The van der Waals surface area contributed by atoms with Crippen LogP contribution in [0.3, 0.4) is 0 Å². The van der Waals surface area contributed by atoms with Crippen LogP contribution in [0, 0.1) is 11.7 Å². The molecule has 5 rings (SSSR count). The summed E-state index contributed by atoms with van der Waals surface area (Å²) in [4.78, 5) is 12.9. The fourth-order valence-corrected chi connectivity index (χ4v) is 4.45. The Morgan fingerprint density at radius 3 is 2.63 bits per heavy atom. The zero-order valence-electron chi connectivity index (χ0n) is 16.6. The molecule has 3 heterocycles. The van der Waals surface area contributed by atoms with E-state index in [9.17, 15) is 9.18 Å². The normalized spacial score (nSPS) is 18.6. The number of benzene rings is 2. The van der Waals surface area contributed by atoms with Crippen LogP contribution in [0.25, 0.3) is 22.3 Å². The summed E-state index contributed by atoms with van der Waals surface area (Å²) in [7, 11) is 0. The van der Waals surface area contributed by atoms with Crippen molar-refractivity contribution >= 4 is 16.9 Å². The minimum Gasteiger partial charge on any atom is -0.481 e. The zero-order valence-corrected chi connectivity index (χ0v) is 16.6. The molecule has 1 aromatic heterocycles. The zero-order chi connectivity index (χ0) is 20.7.